The number of nitrogens with one attached hydrogen (secondary N) is 2. The Labute approximate surface area is 177 Å². The summed E-state index contributed by atoms with van der Waals surface area (Å²) in [5, 5.41) is 1.04. The maximum atomic E-state index is 12.2. The number of benzene rings is 2. The van der Waals surface area contributed by atoms with E-state index < -0.39 is 28.2 Å². The number of ether oxygens (including phenoxy) is 1. The molecule has 0 unspecified atom stereocenters. The van der Waals surface area contributed by atoms with Crippen LogP contribution in [0.25, 0.3) is 11.0 Å². The van der Waals surface area contributed by atoms with Crippen LogP contribution in [0.1, 0.15) is 18.9 Å². The molecule has 0 saturated heterocycles. The minimum atomic E-state index is -3.98. The number of amides is 1. The van der Waals surface area contributed by atoms with Crippen LogP contribution in [0.2, 0.25) is 5.02 Å². The molecule has 2 N–H and O–H groups in total. The van der Waals surface area contributed by atoms with Crippen LogP contribution in [-0.2, 0) is 21.2 Å². The fraction of sp³-hybridized carbons (Fsp3) is 0.200. The van der Waals surface area contributed by atoms with Gasteiger partial charge in [0.2, 0.25) is 0 Å². The largest absolute Gasteiger partial charge is 0.484 e. The molecule has 30 heavy (non-hydrogen) atoms. The second-order valence-corrected chi connectivity index (χ2v) is 8.52. The number of hydrazine groups is 1. The molecular formula is C20H19ClN2O6S. The lowest BCUT2D eigenvalue weighted by Gasteiger charge is -2.10. The number of rotatable bonds is 8. The van der Waals surface area contributed by atoms with Crippen LogP contribution in [0.15, 0.2) is 62.6 Å². The van der Waals surface area contributed by atoms with Crippen LogP contribution in [0, 0.1) is 0 Å². The summed E-state index contributed by atoms with van der Waals surface area (Å²) in [5.74, 6) is -0.422. The smallest absolute Gasteiger partial charge is 0.336 e. The summed E-state index contributed by atoms with van der Waals surface area (Å²) < 4.78 is 34.9. The molecule has 3 aromatic rings. The van der Waals surface area contributed by atoms with Crippen LogP contribution >= 0.6 is 11.6 Å². The number of sulfonamides is 1. The highest BCUT2D eigenvalue weighted by atomic mass is 35.5. The van der Waals surface area contributed by atoms with Gasteiger partial charge in [0, 0.05) is 22.5 Å². The van der Waals surface area contributed by atoms with Crippen molar-refractivity contribution < 1.29 is 22.4 Å². The predicted octanol–water partition coefficient (Wildman–Crippen LogP) is 2.79. The van der Waals surface area contributed by atoms with Crippen molar-refractivity contribution in [1.82, 2.24) is 10.3 Å². The van der Waals surface area contributed by atoms with E-state index in [1.807, 2.05) is 11.8 Å². The Balaban J connectivity index is 1.63. The van der Waals surface area contributed by atoms with Crippen molar-refractivity contribution in [1.29, 1.82) is 0 Å². The van der Waals surface area contributed by atoms with Gasteiger partial charge in [0.05, 0.1) is 4.90 Å². The van der Waals surface area contributed by atoms with E-state index in [0.29, 0.717) is 11.3 Å². The average Bonchev–Trinajstić information content (AvgIpc) is 2.70. The maximum Gasteiger partial charge on any atom is 0.336 e. The molecule has 2 aromatic carbocycles. The number of carbonyl (C=O) groups excluding carboxylic acids is 1. The van der Waals surface area contributed by atoms with E-state index in [1.54, 1.807) is 12.1 Å². The molecule has 0 atom stereocenters. The normalized spacial score (nSPS) is 11.4. The Morgan fingerprint density at radius 1 is 1.17 bits per heavy atom. The standard InChI is InChI=1S/C20H19ClN2O6S/c1-2-4-13-9-20(25)29-18-11-15(7-8-17(13)18)28-12-19(24)22-23-30(26,27)16-6-3-5-14(21)10-16/h3,5-11,23H,2,4,12H2,1H3,(H,22,24). The van der Waals surface area contributed by atoms with Crippen LogP contribution in [0.5, 0.6) is 5.75 Å². The lowest BCUT2D eigenvalue weighted by molar-refractivity contribution is -0.123. The zero-order valence-corrected chi connectivity index (χ0v) is 17.5. The zero-order chi connectivity index (χ0) is 21.7. The van der Waals surface area contributed by atoms with Crippen molar-refractivity contribution in [3.8, 4) is 5.75 Å². The first-order valence-corrected chi connectivity index (χ1v) is 10.9. The molecule has 3 rings (SSSR count). The summed E-state index contributed by atoms with van der Waals surface area (Å²) in [5.41, 5.74) is 2.83. The average molecular weight is 451 g/mol. The van der Waals surface area contributed by atoms with E-state index in [4.69, 9.17) is 20.8 Å². The van der Waals surface area contributed by atoms with E-state index in [1.165, 1.54) is 36.4 Å². The minimum Gasteiger partial charge on any atom is -0.484 e. The second-order valence-electron chi connectivity index (χ2n) is 6.40. The molecule has 0 spiro atoms. The molecule has 10 heteroatoms. The van der Waals surface area contributed by atoms with Gasteiger partial charge in [-0.1, -0.05) is 31.0 Å². The van der Waals surface area contributed by atoms with Gasteiger partial charge in [0.25, 0.3) is 15.9 Å². The third-order valence-electron chi connectivity index (χ3n) is 4.12. The quantitative estimate of drug-likeness (QED) is 0.403. The van der Waals surface area contributed by atoms with Crippen molar-refractivity contribution in [2.45, 2.75) is 24.7 Å². The SMILES string of the molecule is CCCc1cc(=O)oc2cc(OCC(=O)NNS(=O)(=O)c3cccc(Cl)c3)ccc12. The second kappa shape index (κ2) is 9.29. The molecule has 1 aromatic heterocycles. The molecule has 0 fully saturated rings. The monoisotopic (exact) mass is 450 g/mol. The van der Waals surface area contributed by atoms with Gasteiger partial charge in [-0.3, -0.25) is 10.2 Å². The summed E-state index contributed by atoms with van der Waals surface area (Å²) in [6.45, 7) is 1.56. The minimum absolute atomic E-state index is 0.0938. The lowest BCUT2D eigenvalue weighted by Crippen LogP contribution is -2.43. The van der Waals surface area contributed by atoms with Gasteiger partial charge in [-0.15, -0.1) is 4.83 Å². The van der Waals surface area contributed by atoms with Gasteiger partial charge in [0.1, 0.15) is 11.3 Å². The number of carbonyl (C=O) groups is 1. The summed E-state index contributed by atoms with van der Waals surface area (Å²) in [7, 11) is -3.98. The van der Waals surface area contributed by atoms with E-state index in [0.717, 1.165) is 23.8 Å². The van der Waals surface area contributed by atoms with Gasteiger partial charge in [-0.2, -0.15) is 0 Å². The molecule has 158 valence electrons. The first-order chi connectivity index (χ1) is 14.3. The van der Waals surface area contributed by atoms with E-state index in [9.17, 15) is 18.0 Å². The molecule has 0 saturated carbocycles. The van der Waals surface area contributed by atoms with E-state index >= 15 is 0 Å². The van der Waals surface area contributed by atoms with Crippen molar-refractivity contribution >= 4 is 38.5 Å². The Hall–Kier alpha value is -2.88. The van der Waals surface area contributed by atoms with Crippen LogP contribution in [0.4, 0.5) is 0 Å². The number of halogens is 1. The molecule has 0 bridgehead atoms. The third kappa shape index (κ3) is 5.38. The highest BCUT2D eigenvalue weighted by molar-refractivity contribution is 7.89. The van der Waals surface area contributed by atoms with Crippen molar-refractivity contribution in [2.24, 2.45) is 0 Å². The molecular weight excluding hydrogens is 432 g/mol. The van der Waals surface area contributed by atoms with Crippen LogP contribution < -0.4 is 20.6 Å². The van der Waals surface area contributed by atoms with Crippen LogP contribution in [-0.4, -0.2) is 20.9 Å². The summed E-state index contributed by atoms with van der Waals surface area (Å²) in [6.07, 6.45) is 1.61. The maximum absolute atomic E-state index is 12.2. The Kier molecular flexibility index (Phi) is 6.76. The zero-order valence-electron chi connectivity index (χ0n) is 16.0. The first kappa shape index (κ1) is 21.8. The lowest BCUT2D eigenvalue weighted by atomic mass is 10.1. The molecule has 8 nitrogen and oxygen atoms in total. The fourth-order valence-electron chi connectivity index (χ4n) is 2.78. The molecule has 0 aliphatic carbocycles. The Morgan fingerprint density at radius 3 is 2.70 bits per heavy atom. The fourth-order valence-corrected chi connectivity index (χ4v) is 3.94. The molecule has 1 heterocycles. The highest BCUT2D eigenvalue weighted by Gasteiger charge is 2.16. The molecule has 0 radical (unpaired) electrons. The van der Waals surface area contributed by atoms with Gasteiger partial charge >= 0.3 is 5.63 Å². The Morgan fingerprint density at radius 2 is 1.97 bits per heavy atom. The van der Waals surface area contributed by atoms with Crippen molar-refractivity contribution in [2.75, 3.05) is 6.61 Å². The molecule has 1 amide bonds. The van der Waals surface area contributed by atoms with E-state index in [-0.39, 0.29) is 9.92 Å². The summed E-state index contributed by atoms with van der Waals surface area (Å²) in [6, 6.07) is 12.0. The van der Waals surface area contributed by atoms with Crippen molar-refractivity contribution in [3.05, 3.63) is 69.5 Å². The Bertz CT molecular complexity index is 1240. The van der Waals surface area contributed by atoms with Crippen molar-refractivity contribution in [3.63, 3.8) is 0 Å². The molecule has 0 aliphatic rings. The topological polar surface area (TPSA) is 115 Å². The number of fused-ring (bicyclic) bond motifs is 1. The van der Waals surface area contributed by atoms with Crippen LogP contribution in [0.3, 0.4) is 0 Å². The number of hydrogen-bond donors (Lipinski definition) is 2. The van der Waals surface area contributed by atoms with Gasteiger partial charge in [-0.05, 0) is 42.3 Å². The van der Waals surface area contributed by atoms with Gasteiger partial charge < -0.3 is 9.15 Å². The number of aryl methyl sites for hydroxylation is 1. The van der Waals surface area contributed by atoms with Gasteiger partial charge in [0.15, 0.2) is 6.61 Å². The predicted molar refractivity (Wildman–Crippen MR) is 112 cm³/mol. The highest BCUT2D eigenvalue weighted by Crippen LogP contribution is 2.23. The summed E-state index contributed by atoms with van der Waals surface area (Å²) in [4.78, 5) is 25.6. The first-order valence-electron chi connectivity index (χ1n) is 9.04. The molecule has 0 aliphatic heterocycles. The third-order valence-corrected chi connectivity index (χ3v) is 5.60. The number of hydrogen-bond acceptors (Lipinski definition) is 6. The summed E-state index contributed by atoms with van der Waals surface area (Å²) >= 11 is 5.78. The van der Waals surface area contributed by atoms with E-state index in [2.05, 4.69) is 5.43 Å². The van der Waals surface area contributed by atoms with Gasteiger partial charge in [-0.25, -0.2) is 13.2 Å².